The number of ether oxygens (including phenoxy) is 1. The largest absolute Gasteiger partial charge is 0.444 e. The summed E-state index contributed by atoms with van der Waals surface area (Å²) in [5, 5.41) is 12.9. The van der Waals surface area contributed by atoms with E-state index in [9.17, 15) is 14.9 Å². The SMILES string of the molecule is [C]#CCNC(=O)OCc1ccccc1[N+](=O)[O-]. The highest BCUT2D eigenvalue weighted by Crippen LogP contribution is 2.18. The molecule has 0 spiro atoms. The molecule has 87 valence electrons. The number of para-hydroxylation sites is 1. The van der Waals surface area contributed by atoms with Gasteiger partial charge in [0, 0.05) is 6.07 Å². The Labute approximate surface area is 97.7 Å². The van der Waals surface area contributed by atoms with E-state index in [-0.39, 0.29) is 18.8 Å². The van der Waals surface area contributed by atoms with Crippen molar-refractivity contribution in [3.8, 4) is 5.92 Å². The number of amides is 1. The number of carbonyl (C=O) groups excluding carboxylic acids is 1. The number of nitrogens with zero attached hydrogens (tertiary/aromatic N) is 1. The first-order valence-corrected chi connectivity index (χ1v) is 4.67. The van der Waals surface area contributed by atoms with Gasteiger partial charge in [-0.25, -0.2) is 4.79 Å². The number of carbonyl (C=O) groups is 1. The van der Waals surface area contributed by atoms with E-state index in [2.05, 4.69) is 5.32 Å². The molecule has 0 fully saturated rings. The first-order chi connectivity index (χ1) is 8.15. The zero-order valence-electron chi connectivity index (χ0n) is 8.80. The molecule has 0 saturated heterocycles. The third kappa shape index (κ3) is 3.83. The first kappa shape index (κ1) is 12.5. The third-order valence-corrected chi connectivity index (χ3v) is 1.87. The minimum atomic E-state index is -0.747. The van der Waals surface area contributed by atoms with E-state index in [0.29, 0.717) is 5.56 Å². The van der Waals surface area contributed by atoms with E-state index in [4.69, 9.17) is 11.2 Å². The van der Waals surface area contributed by atoms with Gasteiger partial charge in [0.2, 0.25) is 0 Å². The van der Waals surface area contributed by atoms with Crippen molar-refractivity contribution in [1.82, 2.24) is 5.32 Å². The molecule has 0 aliphatic heterocycles. The average molecular weight is 233 g/mol. The topological polar surface area (TPSA) is 81.5 Å². The standard InChI is InChI=1S/C11H9N2O4/c1-2-7-12-11(14)17-8-9-5-3-4-6-10(9)13(15)16/h3-6H,7-8H2,(H,12,14). The van der Waals surface area contributed by atoms with Crippen LogP contribution in [0.5, 0.6) is 0 Å². The van der Waals surface area contributed by atoms with Crippen molar-refractivity contribution in [3.05, 3.63) is 46.4 Å². The molecule has 6 heteroatoms. The maximum Gasteiger partial charge on any atom is 0.408 e. The fraction of sp³-hybridized carbons (Fsp3) is 0.182. The van der Waals surface area contributed by atoms with Crippen LogP contribution >= 0.6 is 0 Å². The van der Waals surface area contributed by atoms with Gasteiger partial charge < -0.3 is 10.1 Å². The van der Waals surface area contributed by atoms with Gasteiger partial charge in [-0.2, -0.15) is 0 Å². The van der Waals surface area contributed by atoms with Gasteiger partial charge in [-0.1, -0.05) is 18.1 Å². The number of nitro benzene ring substituents is 1. The highest BCUT2D eigenvalue weighted by Gasteiger charge is 2.13. The Morgan fingerprint density at radius 2 is 2.24 bits per heavy atom. The molecular formula is C11H9N2O4. The molecule has 0 unspecified atom stereocenters. The lowest BCUT2D eigenvalue weighted by Gasteiger charge is -2.05. The number of nitrogens with one attached hydrogen (secondary N) is 1. The monoisotopic (exact) mass is 233 g/mol. The van der Waals surface area contributed by atoms with E-state index in [1.165, 1.54) is 18.2 Å². The first-order valence-electron chi connectivity index (χ1n) is 4.67. The Kier molecular flexibility index (Phi) is 4.51. The van der Waals surface area contributed by atoms with E-state index in [1.54, 1.807) is 6.07 Å². The highest BCUT2D eigenvalue weighted by molar-refractivity contribution is 5.67. The van der Waals surface area contributed by atoms with E-state index < -0.39 is 11.0 Å². The highest BCUT2D eigenvalue weighted by atomic mass is 16.6. The van der Waals surface area contributed by atoms with Crippen LogP contribution in [0.15, 0.2) is 24.3 Å². The molecule has 1 aromatic carbocycles. The lowest BCUT2D eigenvalue weighted by Crippen LogP contribution is -2.24. The molecule has 0 bridgehead atoms. The maximum atomic E-state index is 11.0. The minimum Gasteiger partial charge on any atom is -0.444 e. The third-order valence-electron chi connectivity index (χ3n) is 1.87. The zero-order chi connectivity index (χ0) is 12.7. The van der Waals surface area contributed by atoms with Crippen LogP contribution < -0.4 is 5.32 Å². The van der Waals surface area contributed by atoms with Crippen molar-refractivity contribution in [3.63, 3.8) is 0 Å². The van der Waals surface area contributed by atoms with Gasteiger partial charge in [0.05, 0.1) is 17.0 Å². The molecule has 1 amide bonds. The Bertz CT molecular complexity index is 465. The Hall–Kier alpha value is -2.55. The molecular weight excluding hydrogens is 224 g/mol. The second kappa shape index (κ2) is 6.12. The molecule has 1 rings (SSSR count). The summed E-state index contributed by atoms with van der Waals surface area (Å²) >= 11 is 0. The van der Waals surface area contributed by atoms with Crippen LogP contribution in [-0.2, 0) is 11.3 Å². The molecule has 1 radical (unpaired) electrons. The molecule has 6 nitrogen and oxygen atoms in total. The number of hydrogen-bond acceptors (Lipinski definition) is 4. The van der Waals surface area contributed by atoms with Crippen molar-refractivity contribution >= 4 is 11.8 Å². The quantitative estimate of drug-likeness (QED) is 0.484. The summed E-state index contributed by atoms with van der Waals surface area (Å²) in [5.74, 6) is 1.96. The molecule has 1 N–H and O–H groups in total. The van der Waals surface area contributed by atoms with E-state index in [1.807, 2.05) is 5.92 Å². The molecule has 0 heterocycles. The number of nitro groups is 1. The Balaban J connectivity index is 2.61. The molecule has 0 aromatic heterocycles. The van der Waals surface area contributed by atoms with Crippen LogP contribution in [0, 0.1) is 22.5 Å². The number of hydrogen-bond donors (Lipinski definition) is 1. The second-order valence-electron chi connectivity index (χ2n) is 2.99. The molecule has 1 aromatic rings. The van der Waals surface area contributed by atoms with Crippen LogP contribution in [0.2, 0.25) is 0 Å². The van der Waals surface area contributed by atoms with Gasteiger partial charge in [-0.05, 0) is 12.5 Å². The fourth-order valence-corrected chi connectivity index (χ4v) is 1.12. The van der Waals surface area contributed by atoms with Gasteiger partial charge in [-0.15, -0.1) is 0 Å². The summed E-state index contributed by atoms with van der Waals surface area (Å²) in [7, 11) is 0. The van der Waals surface area contributed by atoms with E-state index >= 15 is 0 Å². The predicted molar refractivity (Wildman–Crippen MR) is 58.4 cm³/mol. The zero-order valence-corrected chi connectivity index (χ0v) is 8.80. The second-order valence-corrected chi connectivity index (χ2v) is 2.99. The van der Waals surface area contributed by atoms with Crippen molar-refractivity contribution in [2.45, 2.75) is 6.61 Å². The van der Waals surface area contributed by atoms with E-state index in [0.717, 1.165) is 0 Å². The smallest absolute Gasteiger partial charge is 0.408 e. The molecule has 0 atom stereocenters. The number of benzene rings is 1. The predicted octanol–water partition coefficient (Wildman–Crippen LogP) is 1.41. The van der Waals surface area contributed by atoms with Crippen LogP contribution in [0.1, 0.15) is 5.56 Å². The summed E-state index contributed by atoms with van der Waals surface area (Å²) in [4.78, 5) is 21.1. The average Bonchev–Trinajstić information content (AvgIpc) is 2.34. The van der Waals surface area contributed by atoms with Gasteiger partial charge in [0.25, 0.3) is 5.69 Å². The number of rotatable bonds is 4. The molecule has 17 heavy (non-hydrogen) atoms. The van der Waals surface area contributed by atoms with Gasteiger partial charge in [-0.3, -0.25) is 10.1 Å². The van der Waals surface area contributed by atoms with Crippen LogP contribution in [-0.4, -0.2) is 17.6 Å². The lowest BCUT2D eigenvalue weighted by atomic mass is 10.2. The summed E-state index contributed by atoms with van der Waals surface area (Å²) in [6, 6.07) is 6.00. The van der Waals surface area contributed by atoms with Crippen molar-refractivity contribution in [1.29, 1.82) is 0 Å². The maximum absolute atomic E-state index is 11.0. The van der Waals surface area contributed by atoms with Gasteiger partial charge in [0.15, 0.2) is 0 Å². The van der Waals surface area contributed by atoms with Crippen molar-refractivity contribution < 1.29 is 14.5 Å². The van der Waals surface area contributed by atoms with Gasteiger partial charge in [0.1, 0.15) is 6.61 Å². The summed E-state index contributed by atoms with van der Waals surface area (Å²) in [6.45, 7) is -0.253. The van der Waals surface area contributed by atoms with Crippen molar-refractivity contribution in [2.75, 3.05) is 6.54 Å². The Morgan fingerprint density at radius 1 is 1.53 bits per heavy atom. The fourth-order valence-electron chi connectivity index (χ4n) is 1.12. The summed E-state index contributed by atoms with van der Waals surface area (Å²) in [6.07, 6.45) is 5.83. The Morgan fingerprint density at radius 3 is 2.88 bits per heavy atom. The van der Waals surface area contributed by atoms with Gasteiger partial charge >= 0.3 is 6.09 Å². The van der Waals surface area contributed by atoms with Crippen molar-refractivity contribution in [2.24, 2.45) is 0 Å². The van der Waals surface area contributed by atoms with Crippen LogP contribution in [0.3, 0.4) is 0 Å². The molecule has 0 saturated carbocycles. The lowest BCUT2D eigenvalue weighted by molar-refractivity contribution is -0.385. The van der Waals surface area contributed by atoms with Crippen LogP contribution in [0.25, 0.3) is 0 Å². The molecule has 0 aliphatic carbocycles. The summed E-state index contributed by atoms with van der Waals surface area (Å²) in [5.41, 5.74) is 0.213. The summed E-state index contributed by atoms with van der Waals surface area (Å²) < 4.78 is 4.74. The minimum absolute atomic E-state index is 0.0598. The normalized spacial score (nSPS) is 9.12. The molecule has 0 aliphatic rings. The van der Waals surface area contributed by atoms with Crippen LogP contribution in [0.4, 0.5) is 10.5 Å². The number of alkyl carbamates (subject to hydrolysis) is 1.